The van der Waals surface area contributed by atoms with Gasteiger partial charge in [0.05, 0.1) is 15.8 Å². The summed E-state index contributed by atoms with van der Waals surface area (Å²) in [5.74, 6) is -0.450. The van der Waals surface area contributed by atoms with E-state index in [4.69, 9.17) is 16.6 Å². The van der Waals surface area contributed by atoms with E-state index in [9.17, 15) is 21.6 Å². The van der Waals surface area contributed by atoms with Crippen molar-refractivity contribution in [2.24, 2.45) is 0 Å². The maximum atomic E-state index is 13.0. The van der Waals surface area contributed by atoms with Gasteiger partial charge in [0.2, 0.25) is 0 Å². The van der Waals surface area contributed by atoms with Gasteiger partial charge in [0.1, 0.15) is 5.75 Å². The van der Waals surface area contributed by atoms with Crippen molar-refractivity contribution in [3.8, 4) is 5.75 Å². The van der Waals surface area contributed by atoms with E-state index in [1.54, 1.807) is 0 Å². The number of nitrogens with zero attached hydrogens (tertiary/aromatic N) is 2. The lowest BCUT2D eigenvalue weighted by Gasteiger charge is -2.31. The fraction of sp³-hybridized carbons (Fsp3) is 0.318. The summed E-state index contributed by atoms with van der Waals surface area (Å²) in [4.78, 5) is 6.76. The number of hydrogen-bond acceptors (Lipinski definition) is 6. The Morgan fingerprint density at radius 1 is 1.06 bits per heavy atom. The van der Waals surface area contributed by atoms with Crippen molar-refractivity contribution >= 4 is 37.9 Å². The van der Waals surface area contributed by atoms with Crippen molar-refractivity contribution in [2.75, 3.05) is 18.0 Å². The quantitative estimate of drug-likeness (QED) is 0.419. The fourth-order valence-electron chi connectivity index (χ4n) is 3.71. The van der Waals surface area contributed by atoms with Crippen molar-refractivity contribution in [3.05, 3.63) is 70.2 Å². The molecule has 176 valence electrons. The van der Waals surface area contributed by atoms with Crippen molar-refractivity contribution in [1.82, 2.24) is 4.98 Å². The van der Waals surface area contributed by atoms with Crippen LogP contribution in [0.25, 0.3) is 0 Å². The van der Waals surface area contributed by atoms with Crippen LogP contribution in [-0.2, 0) is 16.3 Å². The molecule has 11 heteroatoms. The topological polar surface area (TPSA) is 59.5 Å². The Balaban J connectivity index is 1.36. The Hall–Kier alpha value is -2.30. The van der Waals surface area contributed by atoms with Crippen LogP contribution >= 0.6 is 22.9 Å². The average Bonchev–Trinajstić information content (AvgIpc) is 3.23. The molecule has 0 amide bonds. The standard InChI is InChI=1S/C22H20ClF3N2O3S2/c23-16-3-1-15(2-4-16)13-17-14-32-21(27-17)28-11-9-20(10-12-28)33(29,30)19-7-5-18(6-8-19)31-22(24,25)26/h1-8,14,20H,9-13H2. The number of piperidine rings is 1. The summed E-state index contributed by atoms with van der Waals surface area (Å²) < 4.78 is 66.7. The molecular formula is C22H20ClF3N2O3S2. The molecular weight excluding hydrogens is 497 g/mol. The summed E-state index contributed by atoms with van der Waals surface area (Å²) >= 11 is 7.45. The number of rotatable bonds is 6. The number of alkyl halides is 3. The number of ether oxygens (including phenoxy) is 1. The number of sulfone groups is 1. The van der Waals surface area contributed by atoms with E-state index in [0.717, 1.165) is 40.7 Å². The van der Waals surface area contributed by atoms with Gasteiger partial charge in [-0.1, -0.05) is 23.7 Å². The molecule has 1 fully saturated rings. The van der Waals surface area contributed by atoms with Crippen LogP contribution < -0.4 is 9.64 Å². The minimum absolute atomic E-state index is 0.00465. The van der Waals surface area contributed by atoms with Crippen molar-refractivity contribution < 1.29 is 26.3 Å². The second-order valence-electron chi connectivity index (χ2n) is 7.68. The molecule has 1 saturated heterocycles. The Kier molecular flexibility index (Phi) is 6.88. The van der Waals surface area contributed by atoms with Crippen LogP contribution in [0.15, 0.2) is 58.8 Å². The third-order valence-corrected chi connectivity index (χ3v) is 8.86. The Morgan fingerprint density at radius 2 is 1.70 bits per heavy atom. The molecule has 1 aliphatic rings. The first kappa shape index (κ1) is 23.8. The number of hydrogen-bond donors (Lipinski definition) is 0. The van der Waals surface area contributed by atoms with E-state index in [0.29, 0.717) is 37.4 Å². The molecule has 0 N–H and O–H groups in total. The Labute approximate surface area is 198 Å². The lowest BCUT2D eigenvalue weighted by molar-refractivity contribution is -0.274. The van der Waals surface area contributed by atoms with E-state index < -0.39 is 27.2 Å². The normalized spacial score (nSPS) is 15.6. The first-order valence-electron chi connectivity index (χ1n) is 10.1. The number of anilines is 1. The molecule has 2 heterocycles. The van der Waals surface area contributed by atoms with Gasteiger partial charge in [0.25, 0.3) is 0 Å². The molecule has 1 aliphatic heterocycles. The smallest absolute Gasteiger partial charge is 0.406 e. The molecule has 33 heavy (non-hydrogen) atoms. The van der Waals surface area contributed by atoms with Gasteiger partial charge in [-0.15, -0.1) is 24.5 Å². The van der Waals surface area contributed by atoms with E-state index in [-0.39, 0.29) is 4.90 Å². The van der Waals surface area contributed by atoms with Crippen LogP contribution in [0.3, 0.4) is 0 Å². The van der Waals surface area contributed by atoms with Gasteiger partial charge < -0.3 is 9.64 Å². The van der Waals surface area contributed by atoms with Gasteiger partial charge in [-0.3, -0.25) is 0 Å². The van der Waals surface area contributed by atoms with Crippen LogP contribution in [0.5, 0.6) is 5.75 Å². The predicted molar refractivity (Wildman–Crippen MR) is 122 cm³/mol. The SMILES string of the molecule is O=S(=O)(c1ccc(OC(F)(F)F)cc1)C1CCN(c2nc(Cc3ccc(Cl)cc3)cs2)CC1. The monoisotopic (exact) mass is 516 g/mol. The third kappa shape index (κ3) is 5.99. The van der Waals surface area contributed by atoms with Crippen LogP contribution in [0.1, 0.15) is 24.1 Å². The van der Waals surface area contributed by atoms with Gasteiger partial charge in [0, 0.05) is 29.9 Å². The zero-order valence-corrected chi connectivity index (χ0v) is 19.6. The highest BCUT2D eigenvalue weighted by Crippen LogP contribution is 2.31. The maximum Gasteiger partial charge on any atom is 0.573 e. The van der Waals surface area contributed by atoms with Crippen LogP contribution in [0, 0.1) is 0 Å². The van der Waals surface area contributed by atoms with Crippen LogP contribution in [0.2, 0.25) is 5.02 Å². The zero-order chi connectivity index (χ0) is 23.6. The highest BCUT2D eigenvalue weighted by molar-refractivity contribution is 7.92. The molecule has 0 radical (unpaired) electrons. The molecule has 5 nitrogen and oxygen atoms in total. The first-order chi connectivity index (χ1) is 15.6. The Bertz CT molecular complexity index is 1190. The molecule has 3 aromatic rings. The largest absolute Gasteiger partial charge is 0.573 e. The van der Waals surface area contributed by atoms with Crippen LogP contribution in [0.4, 0.5) is 18.3 Å². The molecule has 2 aromatic carbocycles. The summed E-state index contributed by atoms with van der Waals surface area (Å²) in [6.07, 6.45) is -3.31. The van der Waals surface area contributed by atoms with Crippen molar-refractivity contribution in [2.45, 2.75) is 35.8 Å². The summed E-state index contributed by atoms with van der Waals surface area (Å²) in [5.41, 5.74) is 2.04. The van der Waals surface area contributed by atoms with Gasteiger partial charge >= 0.3 is 6.36 Å². The van der Waals surface area contributed by atoms with Crippen molar-refractivity contribution in [1.29, 1.82) is 0 Å². The lowest BCUT2D eigenvalue weighted by atomic mass is 10.1. The van der Waals surface area contributed by atoms with Crippen LogP contribution in [-0.4, -0.2) is 38.1 Å². The summed E-state index contributed by atoms with van der Waals surface area (Å²) in [6, 6.07) is 12.0. The molecule has 0 saturated carbocycles. The zero-order valence-electron chi connectivity index (χ0n) is 17.3. The second-order valence-corrected chi connectivity index (χ2v) is 11.2. The van der Waals surface area contributed by atoms with Gasteiger partial charge in [0.15, 0.2) is 15.0 Å². The minimum atomic E-state index is -4.82. The third-order valence-electron chi connectivity index (χ3n) is 5.38. The molecule has 0 bridgehead atoms. The molecule has 0 unspecified atom stereocenters. The van der Waals surface area contributed by atoms with Gasteiger partial charge in [-0.2, -0.15) is 0 Å². The number of thiazole rings is 1. The number of aromatic nitrogens is 1. The molecule has 0 spiro atoms. The van der Waals surface area contributed by atoms with Gasteiger partial charge in [-0.05, 0) is 54.8 Å². The fourth-order valence-corrected chi connectivity index (χ4v) is 6.45. The summed E-state index contributed by atoms with van der Waals surface area (Å²) in [7, 11) is -3.66. The van der Waals surface area contributed by atoms with E-state index >= 15 is 0 Å². The van der Waals surface area contributed by atoms with Crippen molar-refractivity contribution in [3.63, 3.8) is 0 Å². The van der Waals surface area contributed by atoms with Gasteiger partial charge in [-0.25, -0.2) is 13.4 Å². The highest BCUT2D eigenvalue weighted by Gasteiger charge is 2.33. The lowest BCUT2D eigenvalue weighted by Crippen LogP contribution is -2.39. The minimum Gasteiger partial charge on any atom is -0.406 e. The maximum absolute atomic E-state index is 13.0. The van der Waals surface area contributed by atoms with E-state index in [1.165, 1.54) is 11.3 Å². The first-order valence-corrected chi connectivity index (χ1v) is 12.9. The predicted octanol–water partition coefficient (Wildman–Crippen LogP) is 5.73. The number of benzene rings is 2. The molecule has 4 rings (SSSR count). The van der Waals surface area contributed by atoms with E-state index in [1.807, 2.05) is 29.6 Å². The number of halogens is 4. The Morgan fingerprint density at radius 3 is 2.30 bits per heavy atom. The average molecular weight is 517 g/mol. The molecule has 0 atom stereocenters. The second kappa shape index (κ2) is 9.52. The molecule has 0 aliphatic carbocycles. The summed E-state index contributed by atoms with van der Waals surface area (Å²) in [6.45, 7) is 1.07. The van der Waals surface area contributed by atoms with E-state index in [2.05, 4.69) is 9.64 Å². The summed E-state index contributed by atoms with van der Waals surface area (Å²) in [5, 5.41) is 2.93. The highest BCUT2D eigenvalue weighted by atomic mass is 35.5. The molecule has 1 aromatic heterocycles.